The Morgan fingerprint density at radius 2 is 1.94 bits per heavy atom. The summed E-state index contributed by atoms with van der Waals surface area (Å²) in [6, 6.07) is 7.79. The Morgan fingerprint density at radius 1 is 1.22 bits per heavy atom. The predicted octanol–water partition coefficient (Wildman–Crippen LogP) is 3.12. The van der Waals surface area contributed by atoms with E-state index >= 15 is 0 Å². The van der Waals surface area contributed by atoms with E-state index in [4.69, 9.17) is 16.3 Å². The number of nitrogens with zero attached hydrogens (tertiary/aromatic N) is 2. The van der Waals surface area contributed by atoms with Gasteiger partial charge in [0.05, 0.1) is 12.7 Å². The molecule has 0 saturated carbocycles. The normalized spacial score (nSPS) is 11.1. The fourth-order valence-electron chi connectivity index (χ4n) is 1.67. The van der Waals surface area contributed by atoms with Crippen LogP contribution in [0.3, 0.4) is 0 Å². The van der Waals surface area contributed by atoms with E-state index in [9.17, 15) is 0 Å². The Bertz CT molecular complexity index is 531. The standard InChI is InChI=1S/C13H16ClN3O/c1-9(2)18-8-7-15-13-11-6-4-3-5-10(11)12(14)16-17-13/h3-6,9H,7-8H2,1-2H3,(H,15,17). The summed E-state index contributed by atoms with van der Waals surface area (Å²) in [5.41, 5.74) is 0. The third kappa shape index (κ3) is 3.09. The highest BCUT2D eigenvalue weighted by molar-refractivity contribution is 6.34. The zero-order valence-corrected chi connectivity index (χ0v) is 11.2. The first-order valence-electron chi connectivity index (χ1n) is 5.95. The molecule has 0 bridgehead atoms. The fraction of sp³-hybridized carbons (Fsp3) is 0.385. The van der Waals surface area contributed by atoms with Gasteiger partial charge in [-0.3, -0.25) is 0 Å². The van der Waals surface area contributed by atoms with Crippen LogP contribution in [0.5, 0.6) is 0 Å². The molecule has 0 aliphatic heterocycles. The molecule has 0 unspecified atom stereocenters. The lowest BCUT2D eigenvalue weighted by atomic mass is 10.2. The summed E-state index contributed by atoms with van der Waals surface area (Å²) in [5, 5.41) is 13.5. The van der Waals surface area contributed by atoms with E-state index in [0.717, 1.165) is 16.6 Å². The van der Waals surface area contributed by atoms with Crippen LogP contribution in [-0.2, 0) is 4.74 Å². The smallest absolute Gasteiger partial charge is 0.159 e. The van der Waals surface area contributed by atoms with E-state index in [1.165, 1.54) is 0 Å². The average Bonchev–Trinajstić information content (AvgIpc) is 2.37. The number of hydrogen-bond donors (Lipinski definition) is 1. The van der Waals surface area contributed by atoms with Gasteiger partial charge in [0.25, 0.3) is 0 Å². The first kappa shape index (κ1) is 13.1. The second-order valence-electron chi connectivity index (χ2n) is 4.23. The molecule has 1 aromatic heterocycles. The molecule has 0 saturated heterocycles. The first-order valence-corrected chi connectivity index (χ1v) is 6.32. The summed E-state index contributed by atoms with van der Waals surface area (Å²) in [7, 11) is 0. The van der Waals surface area contributed by atoms with E-state index in [1.807, 2.05) is 38.1 Å². The van der Waals surface area contributed by atoms with Crippen LogP contribution in [-0.4, -0.2) is 29.5 Å². The quantitative estimate of drug-likeness (QED) is 0.844. The lowest BCUT2D eigenvalue weighted by Crippen LogP contribution is -2.14. The maximum absolute atomic E-state index is 6.01. The molecule has 4 nitrogen and oxygen atoms in total. The summed E-state index contributed by atoms with van der Waals surface area (Å²) in [6.07, 6.45) is 0.236. The number of benzene rings is 1. The molecule has 0 fully saturated rings. The molecule has 2 rings (SSSR count). The Kier molecular flexibility index (Phi) is 4.33. The van der Waals surface area contributed by atoms with Gasteiger partial charge in [-0.25, -0.2) is 0 Å². The monoisotopic (exact) mass is 265 g/mol. The van der Waals surface area contributed by atoms with Crippen LogP contribution in [0.15, 0.2) is 24.3 Å². The molecule has 0 atom stereocenters. The molecule has 0 spiro atoms. The molecule has 0 aliphatic carbocycles. The van der Waals surface area contributed by atoms with Gasteiger partial charge >= 0.3 is 0 Å². The van der Waals surface area contributed by atoms with E-state index < -0.39 is 0 Å². The van der Waals surface area contributed by atoms with Crippen molar-refractivity contribution in [2.75, 3.05) is 18.5 Å². The average molecular weight is 266 g/mol. The highest BCUT2D eigenvalue weighted by Crippen LogP contribution is 2.25. The molecular formula is C13H16ClN3O. The maximum atomic E-state index is 6.01. The minimum Gasteiger partial charge on any atom is -0.377 e. The van der Waals surface area contributed by atoms with Gasteiger partial charge in [0.15, 0.2) is 11.0 Å². The number of anilines is 1. The number of aromatic nitrogens is 2. The van der Waals surface area contributed by atoms with Gasteiger partial charge < -0.3 is 10.1 Å². The molecule has 5 heteroatoms. The summed E-state index contributed by atoms with van der Waals surface area (Å²) in [4.78, 5) is 0. The van der Waals surface area contributed by atoms with Gasteiger partial charge in [0.1, 0.15) is 0 Å². The summed E-state index contributed by atoms with van der Waals surface area (Å²) in [6.45, 7) is 5.35. The number of nitrogens with one attached hydrogen (secondary N) is 1. The maximum Gasteiger partial charge on any atom is 0.159 e. The van der Waals surface area contributed by atoms with Crippen molar-refractivity contribution in [1.29, 1.82) is 0 Å². The van der Waals surface area contributed by atoms with Gasteiger partial charge in [-0.05, 0) is 13.8 Å². The van der Waals surface area contributed by atoms with Crippen LogP contribution < -0.4 is 5.32 Å². The lowest BCUT2D eigenvalue weighted by molar-refractivity contribution is 0.0870. The summed E-state index contributed by atoms with van der Waals surface area (Å²) < 4.78 is 5.46. The molecule has 2 aromatic rings. The number of halogens is 1. The van der Waals surface area contributed by atoms with Crippen molar-refractivity contribution >= 4 is 28.2 Å². The number of ether oxygens (including phenoxy) is 1. The van der Waals surface area contributed by atoms with Gasteiger partial charge in [-0.2, -0.15) is 0 Å². The third-order valence-corrected chi connectivity index (χ3v) is 2.77. The van der Waals surface area contributed by atoms with Crippen molar-refractivity contribution in [3.63, 3.8) is 0 Å². The molecule has 1 heterocycles. The van der Waals surface area contributed by atoms with Gasteiger partial charge in [0, 0.05) is 17.3 Å². The second-order valence-corrected chi connectivity index (χ2v) is 4.59. The van der Waals surface area contributed by atoms with Gasteiger partial charge in [-0.1, -0.05) is 35.9 Å². The van der Waals surface area contributed by atoms with Crippen molar-refractivity contribution in [3.8, 4) is 0 Å². The summed E-state index contributed by atoms with van der Waals surface area (Å²) in [5.74, 6) is 0.738. The number of rotatable bonds is 5. The van der Waals surface area contributed by atoms with Crippen LogP contribution in [0.1, 0.15) is 13.8 Å². The molecule has 0 amide bonds. The predicted molar refractivity (Wildman–Crippen MR) is 74.1 cm³/mol. The number of fused-ring (bicyclic) bond motifs is 1. The van der Waals surface area contributed by atoms with Crippen molar-refractivity contribution in [3.05, 3.63) is 29.4 Å². The van der Waals surface area contributed by atoms with Crippen LogP contribution in [0.4, 0.5) is 5.82 Å². The summed E-state index contributed by atoms with van der Waals surface area (Å²) >= 11 is 6.01. The van der Waals surface area contributed by atoms with Crippen molar-refractivity contribution in [2.45, 2.75) is 20.0 Å². The minimum absolute atomic E-state index is 0.236. The van der Waals surface area contributed by atoms with E-state index in [1.54, 1.807) is 0 Å². The third-order valence-electron chi connectivity index (χ3n) is 2.49. The highest BCUT2D eigenvalue weighted by atomic mass is 35.5. The van der Waals surface area contributed by atoms with Gasteiger partial charge in [0.2, 0.25) is 0 Å². The largest absolute Gasteiger partial charge is 0.377 e. The SMILES string of the molecule is CC(C)OCCNc1nnc(Cl)c2ccccc12. The Balaban J connectivity index is 2.11. The Morgan fingerprint density at radius 3 is 2.67 bits per heavy atom. The van der Waals surface area contributed by atoms with E-state index in [-0.39, 0.29) is 6.10 Å². The first-order chi connectivity index (χ1) is 8.68. The zero-order chi connectivity index (χ0) is 13.0. The molecule has 1 aromatic carbocycles. The van der Waals surface area contributed by atoms with Gasteiger partial charge in [-0.15, -0.1) is 10.2 Å². The molecule has 18 heavy (non-hydrogen) atoms. The van der Waals surface area contributed by atoms with Crippen LogP contribution in [0.25, 0.3) is 10.8 Å². The fourth-order valence-corrected chi connectivity index (χ4v) is 1.87. The Labute approximate surface area is 111 Å². The zero-order valence-electron chi connectivity index (χ0n) is 10.5. The molecule has 0 radical (unpaired) electrons. The minimum atomic E-state index is 0.236. The molecule has 96 valence electrons. The molecule has 1 N–H and O–H groups in total. The highest BCUT2D eigenvalue weighted by Gasteiger charge is 2.06. The van der Waals surface area contributed by atoms with Crippen LogP contribution >= 0.6 is 11.6 Å². The van der Waals surface area contributed by atoms with Crippen LogP contribution in [0.2, 0.25) is 5.15 Å². The topological polar surface area (TPSA) is 47.0 Å². The number of hydrogen-bond acceptors (Lipinski definition) is 4. The van der Waals surface area contributed by atoms with Crippen molar-refractivity contribution < 1.29 is 4.74 Å². The van der Waals surface area contributed by atoms with E-state index in [2.05, 4.69) is 15.5 Å². The molecule has 0 aliphatic rings. The molecular weight excluding hydrogens is 250 g/mol. The second kappa shape index (κ2) is 5.98. The van der Waals surface area contributed by atoms with E-state index in [0.29, 0.717) is 18.3 Å². The lowest BCUT2D eigenvalue weighted by Gasteiger charge is -2.10. The van der Waals surface area contributed by atoms with Crippen LogP contribution in [0, 0.1) is 0 Å². The van der Waals surface area contributed by atoms with Crippen molar-refractivity contribution in [2.24, 2.45) is 0 Å². The Hall–Kier alpha value is -1.39. The van der Waals surface area contributed by atoms with Crippen molar-refractivity contribution in [1.82, 2.24) is 10.2 Å².